The second-order valence-corrected chi connectivity index (χ2v) is 5.34. The Labute approximate surface area is 97.7 Å². The zero-order chi connectivity index (χ0) is 13.0. The molecule has 0 aromatic heterocycles. The summed E-state index contributed by atoms with van der Waals surface area (Å²) in [5.41, 5.74) is -0.435. The van der Waals surface area contributed by atoms with E-state index in [0.717, 1.165) is 19.3 Å². The van der Waals surface area contributed by atoms with Crippen molar-refractivity contribution in [2.24, 2.45) is 5.41 Å². The summed E-state index contributed by atoms with van der Waals surface area (Å²) in [6.07, 6.45) is 2.94. The maximum absolute atomic E-state index is 11.6. The Balaban J connectivity index is 0.000000487. The zero-order valence-corrected chi connectivity index (χ0v) is 11.0. The molecule has 6 heteroatoms. The monoisotopic (exact) mass is 249 g/mol. The highest BCUT2D eigenvalue weighted by atomic mass is 32.2. The summed E-state index contributed by atoms with van der Waals surface area (Å²) in [7, 11) is -2.61. The summed E-state index contributed by atoms with van der Waals surface area (Å²) in [5, 5.41) is 0. The SMILES string of the molecule is CCC1(C(=O)OC(C)(C)C)CC1.N=S(=O)=O. The summed E-state index contributed by atoms with van der Waals surface area (Å²) in [5.74, 6) is -0.00231. The van der Waals surface area contributed by atoms with Crippen LogP contribution in [0, 0.1) is 10.2 Å². The van der Waals surface area contributed by atoms with Crippen molar-refractivity contribution in [2.75, 3.05) is 0 Å². The van der Waals surface area contributed by atoms with Crippen LogP contribution in [0.1, 0.15) is 47.0 Å². The van der Waals surface area contributed by atoms with Crippen LogP contribution in [0.2, 0.25) is 0 Å². The predicted octanol–water partition coefficient (Wildman–Crippen LogP) is 2.15. The van der Waals surface area contributed by atoms with Crippen LogP contribution in [0.5, 0.6) is 0 Å². The highest BCUT2D eigenvalue weighted by Crippen LogP contribution is 2.50. The number of esters is 1. The van der Waals surface area contributed by atoms with Gasteiger partial charge in [-0.3, -0.25) is 4.79 Å². The van der Waals surface area contributed by atoms with Gasteiger partial charge >= 0.3 is 16.5 Å². The number of rotatable bonds is 2. The molecular formula is C10H19NO4S. The predicted molar refractivity (Wildman–Crippen MR) is 59.4 cm³/mol. The first-order chi connectivity index (χ1) is 7.13. The van der Waals surface area contributed by atoms with E-state index in [9.17, 15) is 4.79 Å². The van der Waals surface area contributed by atoms with Gasteiger partial charge in [0.1, 0.15) is 5.60 Å². The maximum atomic E-state index is 11.6. The van der Waals surface area contributed by atoms with Crippen molar-refractivity contribution < 1.29 is 17.9 Å². The van der Waals surface area contributed by atoms with E-state index in [2.05, 4.69) is 6.92 Å². The molecule has 1 rings (SSSR count). The highest BCUT2D eigenvalue weighted by molar-refractivity contribution is 7.60. The molecule has 0 radical (unpaired) electrons. The number of hydrogen-bond donors (Lipinski definition) is 1. The highest BCUT2D eigenvalue weighted by Gasteiger charge is 2.50. The molecule has 0 spiro atoms. The molecule has 0 aromatic carbocycles. The van der Waals surface area contributed by atoms with Crippen LogP contribution >= 0.6 is 0 Å². The van der Waals surface area contributed by atoms with Crippen molar-refractivity contribution in [3.05, 3.63) is 0 Å². The molecule has 0 unspecified atom stereocenters. The molecule has 1 fully saturated rings. The molecule has 5 nitrogen and oxygen atoms in total. The summed E-state index contributed by atoms with van der Waals surface area (Å²) >= 11 is 0. The topological polar surface area (TPSA) is 84.3 Å². The van der Waals surface area contributed by atoms with Crippen LogP contribution in [0.15, 0.2) is 0 Å². The molecule has 0 amide bonds. The number of carbonyl (C=O) groups excluding carboxylic acids is 1. The quantitative estimate of drug-likeness (QED) is 0.760. The van der Waals surface area contributed by atoms with Crippen molar-refractivity contribution in [1.29, 1.82) is 4.78 Å². The van der Waals surface area contributed by atoms with Crippen molar-refractivity contribution >= 4 is 16.5 Å². The smallest absolute Gasteiger partial charge is 0.312 e. The summed E-state index contributed by atoms with van der Waals surface area (Å²) in [6, 6.07) is 0. The lowest BCUT2D eigenvalue weighted by atomic mass is 10.0. The van der Waals surface area contributed by atoms with Crippen molar-refractivity contribution in [3.8, 4) is 0 Å². The largest absolute Gasteiger partial charge is 0.460 e. The fourth-order valence-corrected chi connectivity index (χ4v) is 1.24. The van der Waals surface area contributed by atoms with E-state index in [1.165, 1.54) is 0 Å². The van der Waals surface area contributed by atoms with E-state index in [4.69, 9.17) is 17.9 Å². The molecule has 1 saturated carbocycles. The van der Waals surface area contributed by atoms with E-state index in [-0.39, 0.29) is 17.0 Å². The normalized spacial score (nSPS) is 16.8. The van der Waals surface area contributed by atoms with Gasteiger partial charge in [0.15, 0.2) is 0 Å². The van der Waals surface area contributed by atoms with Crippen LogP contribution in [0.4, 0.5) is 0 Å². The first-order valence-electron chi connectivity index (χ1n) is 5.17. The minimum absolute atomic E-state index is 0.00231. The standard InChI is InChI=1S/C10H18O2.HNO2S/c1-5-10(6-7-10)8(11)12-9(2,3)4;1-4(2)3/h5-7H2,1-4H3;1H. The van der Waals surface area contributed by atoms with Crippen molar-refractivity contribution in [1.82, 2.24) is 0 Å². The number of nitrogens with one attached hydrogen (secondary N) is 1. The van der Waals surface area contributed by atoms with E-state index < -0.39 is 10.5 Å². The van der Waals surface area contributed by atoms with Crippen LogP contribution in [-0.4, -0.2) is 20.0 Å². The minimum Gasteiger partial charge on any atom is -0.460 e. The molecule has 0 heterocycles. The Morgan fingerprint density at radius 1 is 1.38 bits per heavy atom. The lowest BCUT2D eigenvalue weighted by molar-refractivity contribution is -0.161. The van der Waals surface area contributed by atoms with Gasteiger partial charge in [0.2, 0.25) is 0 Å². The molecule has 0 saturated heterocycles. The molecule has 0 aromatic rings. The molecule has 1 N–H and O–H groups in total. The van der Waals surface area contributed by atoms with Gasteiger partial charge in [-0.2, -0.15) is 13.2 Å². The Morgan fingerprint density at radius 3 is 1.94 bits per heavy atom. The number of carbonyl (C=O) groups is 1. The Hall–Kier alpha value is -0.910. The zero-order valence-electron chi connectivity index (χ0n) is 10.2. The molecule has 0 bridgehead atoms. The fourth-order valence-electron chi connectivity index (χ4n) is 1.24. The fraction of sp³-hybridized carbons (Fsp3) is 0.900. The second-order valence-electron chi connectivity index (χ2n) is 4.87. The Kier molecular flexibility index (Phi) is 5.12. The van der Waals surface area contributed by atoms with E-state index in [0.29, 0.717) is 0 Å². The van der Waals surface area contributed by atoms with Gasteiger partial charge in [-0.05, 0) is 40.0 Å². The molecule has 0 aliphatic heterocycles. The lowest BCUT2D eigenvalue weighted by Crippen LogP contribution is -2.29. The Morgan fingerprint density at radius 2 is 1.75 bits per heavy atom. The van der Waals surface area contributed by atoms with E-state index in [1.54, 1.807) is 0 Å². The van der Waals surface area contributed by atoms with Crippen LogP contribution < -0.4 is 0 Å². The molecule has 0 atom stereocenters. The first-order valence-corrected chi connectivity index (χ1v) is 6.24. The molecule has 1 aliphatic carbocycles. The minimum atomic E-state index is -2.61. The summed E-state index contributed by atoms with van der Waals surface area (Å²) in [4.78, 5) is 11.6. The van der Waals surface area contributed by atoms with E-state index in [1.807, 2.05) is 20.8 Å². The molecule has 94 valence electrons. The van der Waals surface area contributed by atoms with Crippen molar-refractivity contribution in [2.45, 2.75) is 52.6 Å². The van der Waals surface area contributed by atoms with Crippen LogP contribution in [-0.2, 0) is 20.0 Å². The first kappa shape index (κ1) is 15.1. The van der Waals surface area contributed by atoms with Crippen molar-refractivity contribution in [3.63, 3.8) is 0 Å². The average Bonchev–Trinajstić information content (AvgIpc) is 2.79. The van der Waals surface area contributed by atoms with Crippen LogP contribution in [0.25, 0.3) is 0 Å². The third-order valence-corrected chi connectivity index (χ3v) is 2.36. The number of ether oxygens (including phenoxy) is 1. The molecule has 1 aliphatic rings. The third kappa shape index (κ3) is 5.85. The average molecular weight is 249 g/mol. The van der Waals surface area contributed by atoms with Gasteiger partial charge in [-0.1, -0.05) is 6.92 Å². The lowest BCUT2D eigenvalue weighted by Gasteiger charge is -2.22. The van der Waals surface area contributed by atoms with Gasteiger partial charge in [0.25, 0.3) is 0 Å². The molecular weight excluding hydrogens is 230 g/mol. The third-order valence-electron chi connectivity index (χ3n) is 2.36. The van der Waals surface area contributed by atoms with E-state index >= 15 is 0 Å². The van der Waals surface area contributed by atoms with Crippen LogP contribution in [0.3, 0.4) is 0 Å². The summed E-state index contributed by atoms with van der Waals surface area (Å²) < 4.78 is 28.2. The Bertz CT molecular complexity index is 341. The van der Waals surface area contributed by atoms with Gasteiger partial charge in [0, 0.05) is 0 Å². The van der Waals surface area contributed by atoms with Gasteiger partial charge < -0.3 is 4.74 Å². The van der Waals surface area contributed by atoms with Gasteiger partial charge in [-0.15, -0.1) is 0 Å². The van der Waals surface area contributed by atoms with Gasteiger partial charge in [-0.25, -0.2) is 0 Å². The molecule has 16 heavy (non-hydrogen) atoms. The number of hydrogen-bond acceptors (Lipinski definition) is 5. The second kappa shape index (κ2) is 5.43. The summed E-state index contributed by atoms with van der Waals surface area (Å²) in [6.45, 7) is 7.79. The van der Waals surface area contributed by atoms with Gasteiger partial charge in [0.05, 0.1) is 5.41 Å². The maximum Gasteiger partial charge on any atom is 0.312 e.